The molecule has 26 heavy (non-hydrogen) atoms. The molecule has 6 nitrogen and oxygen atoms in total. The summed E-state index contributed by atoms with van der Waals surface area (Å²) in [4.78, 5) is 25.8. The topological polar surface area (TPSA) is 84.7 Å². The Bertz CT molecular complexity index is 762. The lowest BCUT2D eigenvalue weighted by molar-refractivity contribution is -0.121. The summed E-state index contributed by atoms with van der Waals surface area (Å²) < 4.78 is 5.88. The van der Waals surface area contributed by atoms with Crippen molar-refractivity contribution in [2.75, 3.05) is 6.54 Å². The summed E-state index contributed by atoms with van der Waals surface area (Å²) >= 11 is 0. The first-order valence-electron chi connectivity index (χ1n) is 8.64. The largest absolute Gasteiger partial charge is 0.488 e. The minimum atomic E-state index is -0.665. The van der Waals surface area contributed by atoms with Gasteiger partial charge in [-0.1, -0.05) is 48.0 Å². The Morgan fingerprint density at radius 1 is 1.15 bits per heavy atom. The van der Waals surface area contributed by atoms with Crippen molar-refractivity contribution in [2.45, 2.75) is 32.0 Å². The summed E-state index contributed by atoms with van der Waals surface area (Å²) in [7, 11) is 0. The fourth-order valence-electron chi connectivity index (χ4n) is 3.05. The summed E-state index contributed by atoms with van der Waals surface area (Å²) in [5.74, 6) is 0.192. The normalized spacial score (nSPS) is 19.2. The third kappa shape index (κ3) is 4.33. The van der Waals surface area contributed by atoms with E-state index in [-0.39, 0.29) is 12.1 Å². The molecule has 1 aliphatic rings. The number of benzene rings is 2. The van der Waals surface area contributed by atoms with Gasteiger partial charge in [0, 0.05) is 13.0 Å². The number of rotatable bonds is 5. The van der Waals surface area contributed by atoms with Crippen molar-refractivity contribution in [3.05, 3.63) is 65.7 Å². The van der Waals surface area contributed by atoms with Gasteiger partial charge >= 0.3 is 6.03 Å². The van der Waals surface area contributed by atoms with Gasteiger partial charge in [-0.3, -0.25) is 4.79 Å². The first kappa shape index (κ1) is 17.8. The molecule has 136 valence electrons. The number of hydrogen-bond donors (Lipinski definition) is 2. The Morgan fingerprint density at radius 2 is 1.85 bits per heavy atom. The van der Waals surface area contributed by atoms with Gasteiger partial charge in [0.1, 0.15) is 17.9 Å². The van der Waals surface area contributed by atoms with Crippen molar-refractivity contribution in [3.63, 3.8) is 0 Å². The zero-order chi connectivity index (χ0) is 18.5. The summed E-state index contributed by atoms with van der Waals surface area (Å²) in [6, 6.07) is 16.3. The van der Waals surface area contributed by atoms with Gasteiger partial charge in [-0.25, -0.2) is 4.79 Å². The van der Waals surface area contributed by atoms with Gasteiger partial charge < -0.3 is 20.7 Å². The maximum atomic E-state index is 12.5. The van der Waals surface area contributed by atoms with Crippen molar-refractivity contribution in [3.8, 4) is 5.75 Å². The second kappa shape index (κ2) is 7.91. The molecular formula is C20H23N3O3. The van der Waals surface area contributed by atoms with Gasteiger partial charge in [0.25, 0.3) is 0 Å². The van der Waals surface area contributed by atoms with Crippen LogP contribution in [0, 0.1) is 6.92 Å². The Kier molecular flexibility index (Phi) is 5.41. The molecule has 0 bridgehead atoms. The Labute approximate surface area is 152 Å². The first-order valence-corrected chi connectivity index (χ1v) is 8.64. The van der Waals surface area contributed by atoms with Crippen molar-refractivity contribution < 1.29 is 14.3 Å². The molecule has 1 heterocycles. The van der Waals surface area contributed by atoms with E-state index in [4.69, 9.17) is 10.5 Å². The third-order valence-corrected chi connectivity index (χ3v) is 4.46. The van der Waals surface area contributed by atoms with Gasteiger partial charge in [-0.2, -0.15) is 0 Å². The Balaban J connectivity index is 1.61. The maximum absolute atomic E-state index is 12.5. The molecule has 3 N–H and O–H groups in total. The highest BCUT2D eigenvalue weighted by atomic mass is 16.5. The van der Waals surface area contributed by atoms with E-state index in [0.717, 1.165) is 11.1 Å². The van der Waals surface area contributed by atoms with Crippen LogP contribution in [0.25, 0.3) is 0 Å². The minimum Gasteiger partial charge on any atom is -0.488 e. The number of primary amides is 1. The van der Waals surface area contributed by atoms with Crippen LogP contribution in [-0.2, 0) is 11.3 Å². The molecule has 2 aromatic carbocycles. The van der Waals surface area contributed by atoms with Crippen LogP contribution in [-0.4, -0.2) is 35.5 Å². The average molecular weight is 353 g/mol. The highest BCUT2D eigenvalue weighted by molar-refractivity contribution is 5.86. The van der Waals surface area contributed by atoms with E-state index in [9.17, 15) is 9.59 Å². The molecule has 0 saturated carbocycles. The molecule has 2 aromatic rings. The molecule has 0 spiro atoms. The van der Waals surface area contributed by atoms with E-state index in [0.29, 0.717) is 25.3 Å². The molecule has 1 fully saturated rings. The van der Waals surface area contributed by atoms with E-state index < -0.39 is 11.9 Å². The number of nitrogens with zero attached hydrogens (tertiary/aromatic N) is 1. The smallest absolute Gasteiger partial charge is 0.318 e. The van der Waals surface area contributed by atoms with Crippen LogP contribution in [0.5, 0.6) is 5.75 Å². The van der Waals surface area contributed by atoms with Gasteiger partial charge in [0.15, 0.2) is 0 Å². The summed E-state index contributed by atoms with van der Waals surface area (Å²) in [6.07, 6.45) is 0.127. The lowest BCUT2D eigenvalue weighted by Gasteiger charge is -2.22. The predicted octanol–water partition coefficient (Wildman–Crippen LogP) is 2.21. The number of hydrogen-bond acceptors (Lipinski definition) is 3. The summed E-state index contributed by atoms with van der Waals surface area (Å²) in [5.41, 5.74) is 7.65. The summed E-state index contributed by atoms with van der Waals surface area (Å²) in [5, 5.41) is 2.85. The molecule has 0 aliphatic carbocycles. The Hall–Kier alpha value is -3.02. The number of urea groups is 1. The van der Waals surface area contributed by atoms with E-state index >= 15 is 0 Å². The highest BCUT2D eigenvalue weighted by Gasteiger charge is 2.39. The molecule has 6 heteroatoms. The van der Waals surface area contributed by atoms with Crippen LogP contribution in [0.15, 0.2) is 54.6 Å². The number of nitrogens with one attached hydrogen (secondary N) is 1. The third-order valence-electron chi connectivity index (χ3n) is 4.46. The first-order chi connectivity index (χ1) is 12.5. The molecule has 3 amide bonds. The standard InChI is InChI=1S/C20H23N3O3/c1-14-7-9-15(10-8-14)12-22-20(25)23-13-17(11-18(23)19(21)24)26-16-5-3-2-4-6-16/h2-10,17-18H,11-13H2,1H3,(H2,21,24)(H,22,25)/t17-,18-/m0/s1. The van der Waals surface area contributed by atoms with Gasteiger partial charge in [-0.15, -0.1) is 0 Å². The number of aryl methyl sites for hydroxylation is 1. The molecule has 0 unspecified atom stereocenters. The van der Waals surface area contributed by atoms with Gasteiger partial charge in [0.2, 0.25) is 5.91 Å². The monoisotopic (exact) mass is 353 g/mol. The molecule has 1 saturated heterocycles. The van der Waals surface area contributed by atoms with Crippen molar-refractivity contribution in [2.24, 2.45) is 5.73 Å². The second-order valence-electron chi connectivity index (χ2n) is 6.50. The number of likely N-dealkylation sites (tertiary alicyclic amines) is 1. The number of carbonyl (C=O) groups excluding carboxylic acids is 2. The van der Waals surface area contributed by atoms with E-state index in [1.165, 1.54) is 4.90 Å². The molecule has 1 aliphatic heterocycles. The Morgan fingerprint density at radius 3 is 2.50 bits per heavy atom. The zero-order valence-corrected chi connectivity index (χ0v) is 14.7. The van der Waals surface area contributed by atoms with Crippen molar-refractivity contribution >= 4 is 11.9 Å². The SMILES string of the molecule is Cc1ccc(CNC(=O)N2C[C@@H](Oc3ccccc3)C[C@H]2C(N)=O)cc1. The average Bonchev–Trinajstić information content (AvgIpc) is 3.06. The number of nitrogens with two attached hydrogens (primary N) is 1. The van der Waals surface area contributed by atoms with E-state index in [1.54, 1.807) is 0 Å². The van der Waals surface area contributed by atoms with E-state index in [1.807, 2.05) is 61.5 Å². The summed E-state index contributed by atoms with van der Waals surface area (Å²) in [6.45, 7) is 2.73. The molecular weight excluding hydrogens is 330 g/mol. The molecule has 3 rings (SSSR count). The van der Waals surface area contributed by atoms with Crippen LogP contribution in [0.4, 0.5) is 4.79 Å². The molecule has 2 atom stereocenters. The lowest BCUT2D eigenvalue weighted by Crippen LogP contribution is -2.48. The van der Waals surface area contributed by atoms with Crippen LogP contribution >= 0.6 is 0 Å². The fourth-order valence-corrected chi connectivity index (χ4v) is 3.05. The highest BCUT2D eigenvalue weighted by Crippen LogP contribution is 2.23. The fraction of sp³-hybridized carbons (Fsp3) is 0.300. The van der Waals surface area contributed by atoms with Crippen molar-refractivity contribution in [1.82, 2.24) is 10.2 Å². The quantitative estimate of drug-likeness (QED) is 0.864. The van der Waals surface area contributed by atoms with Gasteiger partial charge in [0.05, 0.1) is 6.54 Å². The lowest BCUT2D eigenvalue weighted by atomic mass is 10.1. The van der Waals surface area contributed by atoms with Crippen molar-refractivity contribution in [1.29, 1.82) is 0 Å². The van der Waals surface area contributed by atoms with E-state index in [2.05, 4.69) is 5.32 Å². The zero-order valence-electron chi connectivity index (χ0n) is 14.7. The maximum Gasteiger partial charge on any atom is 0.318 e. The van der Waals surface area contributed by atoms with Gasteiger partial charge in [-0.05, 0) is 24.6 Å². The second-order valence-corrected chi connectivity index (χ2v) is 6.50. The minimum absolute atomic E-state index is 0.264. The number of carbonyl (C=O) groups is 2. The van der Waals surface area contributed by atoms with Crippen LogP contribution in [0.2, 0.25) is 0 Å². The van der Waals surface area contributed by atoms with Crippen LogP contribution < -0.4 is 15.8 Å². The molecule has 0 aromatic heterocycles. The number of amides is 3. The van der Waals surface area contributed by atoms with Crippen LogP contribution in [0.1, 0.15) is 17.5 Å². The molecule has 0 radical (unpaired) electrons. The predicted molar refractivity (Wildman–Crippen MR) is 98.6 cm³/mol. The number of ether oxygens (including phenoxy) is 1. The number of para-hydroxylation sites is 1. The van der Waals surface area contributed by atoms with Crippen LogP contribution in [0.3, 0.4) is 0 Å².